The van der Waals surface area contributed by atoms with E-state index in [0.29, 0.717) is 26.1 Å². The highest BCUT2D eigenvalue weighted by Gasteiger charge is 2.34. The molecule has 1 fully saturated rings. The van der Waals surface area contributed by atoms with Gasteiger partial charge in [-0.05, 0) is 49.2 Å². The summed E-state index contributed by atoms with van der Waals surface area (Å²) in [6, 6.07) is 10.5. The van der Waals surface area contributed by atoms with Gasteiger partial charge >= 0.3 is 6.03 Å². The molecule has 1 atom stereocenters. The SMILES string of the molecule is COc1ccc(N2CCN(C(=O)NCCc3cccnc3)C(C)C2=O)cc1. The molecule has 2 heterocycles. The van der Waals surface area contributed by atoms with Crippen LogP contribution >= 0.6 is 0 Å². The summed E-state index contributed by atoms with van der Waals surface area (Å²) in [5, 5.41) is 2.89. The van der Waals surface area contributed by atoms with Crippen molar-refractivity contribution in [2.75, 3.05) is 31.6 Å². The van der Waals surface area contributed by atoms with E-state index in [1.54, 1.807) is 36.2 Å². The first kappa shape index (κ1) is 18.7. The minimum atomic E-state index is -0.515. The average molecular weight is 368 g/mol. The van der Waals surface area contributed by atoms with Gasteiger partial charge in [0, 0.05) is 37.7 Å². The van der Waals surface area contributed by atoms with Crippen LogP contribution in [0, 0.1) is 0 Å². The summed E-state index contributed by atoms with van der Waals surface area (Å²) in [6.45, 7) is 3.21. The van der Waals surface area contributed by atoms with E-state index < -0.39 is 6.04 Å². The summed E-state index contributed by atoms with van der Waals surface area (Å²) in [4.78, 5) is 32.6. The van der Waals surface area contributed by atoms with Gasteiger partial charge in [-0.1, -0.05) is 6.07 Å². The number of nitrogens with zero attached hydrogens (tertiary/aromatic N) is 3. The lowest BCUT2D eigenvalue weighted by atomic mass is 10.1. The predicted molar refractivity (Wildman–Crippen MR) is 103 cm³/mol. The molecule has 0 spiro atoms. The Bertz CT molecular complexity index is 780. The van der Waals surface area contributed by atoms with Gasteiger partial charge in [-0.3, -0.25) is 9.78 Å². The van der Waals surface area contributed by atoms with Gasteiger partial charge in [-0.2, -0.15) is 0 Å². The van der Waals surface area contributed by atoms with E-state index in [2.05, 4.69) is 10.3 Å². The predicted octanol–water partition coefficient (Wildman–Crippen LogP) is 2.08. The third-order valence-corrected chi connectivity index (χ3v) is 4.71. The van der Waals surface area contributed by atoms with Crippen LogP contribution in [0.25, 0.3) is 0 Å². The van der Waals surface area contributed by atoms with Crippen LogP contribution in [0.5, 0.6) is 5.75 Å². The fourth-order valence-corrected chi connectivity index (χ4v) is 3.13. The van der Waals surface area contributed by atoms with Crippen LogP contribution in [0.15, 0.2) is 48.8 Å². The van der Waals surface area contributed by atoms with Crippen LogP contribution in [0.3, 0.4) is 0 Å². The van der Waals surface area contributed by atoms with E-state index in [4.69, 9.17) is 4.74 Å². The van der Waals surface area contributed by atoms with Gasteiger partial charge in [0.05, 0.1) is 7.11 Å². The molecule has 1 aromatic heterocycles. The Morgan fingerprint density at radius 3 is 2.70 bits per heavy atom. The number of methoxy groups -OCH3 is 1. The van der Waals surface area contributed by atoms with Crippen LogP contribution in [-0.4, -0.2) is 54.6 Å². The summed E-state index contributed by atoms with van der Waals surface area (Å²) < 4.78 is 5.15. The Balaban J connectivity index is 1.56. The number of aromatic nitrogens is 1. The Kier molecular flexibility index (Phi) is 5.90. The van der Waals surface area contributed by atoms with E-state index in [1.165, 1.54) is 0 Å². The van der Waals surface area contributed by atoms with E-state index in [1.807, 2.05) is 36.4 Å². The van der Waals surface area contributed by atoms with E-state index in [0.717, 1.165) is 17.0 Å². The molecule has 142 valence electrons. The third kappa shape index (κ3) is 4.36. The van der Waals surface area contributed by atoms with Crippen molar-refractivity contribution >= 4 is 17.6 Å². The number of nitrogens with one attached hydrogen (secondary N) is 1. The first-order chi connectivity index (χ1) is 13.1. The highest BCUT2D eigenvalue weighted by atomic mass is 16.5. The maximum atomic E-state index is 12.8. The van der Waals surface area contributed by atoms with Gasteiger partial charge in [0.1, 0.15) is 11.8 Å². The molecule has 1 aromatic carbocycles. The first-order valence-electron chi connectivity index (χ1n) is 8.99. The molecular weight excluding hydrogens is 344 g/mol. The van der Waals surface area contributed by atoms with Gasteiger partial charge in [0.2, 0.25) is 5.91 Å². The van der Waals surface area contributed by atoms with E-state index >= 15 is 0 Å². The molecule has 1 aliphatic heterocycles. The number of hydrogen-bond acceptors (Lipinski definition) is 4. The summed E-state index contributed by atoms with van der Waals surface area (Å²) >= 11 is 0. The molecule has 0 saturated carbocycles. The second-order valence-electron chi connectivity index (χ2n) is 6.40. The Labute approximate surface area is 158 Å². The second-order valence-corrected chi connectivity index (χ2v) is 6.40. The maximum absolute atomic E-state index is 12.8. The number of rotatable bonds is 5. The molecular formula is C20H24N4O3. The number of amides is 3. The molecule has 3 amide bonds. The summed E-state index contributed by atoms with van der Waals surface area (Å²) in [6.07, 6.45) is 4.21. The molecule has 1 unspecified atom stereocenters. The Hall–Kier alpha value is -3.09. The quantitative estimate of drug-likeness (QED) is 0.877. The number of benzene rings is 1. The summed E-state index contributed by atoms with van der Waals surface area (Å²) in [5.74, 6) is 0.653. The summed E-state index contributed by atoms with van der Waals surface area (Å²) in [7, 11) is 1.61. The lowest BCUT2D eigenvalue weighted by molar-refractivity contribution is -0.124. The molecule has 0 bridgehead atoms. The molecule has 7 heteroatoms. The molecule has 3 rings (SSSR count). The second kappa shape index (κ2) is 8.53. The molecule has 2 aromatic rings. The number of piperazine rings is 1. The largest absolute Gasteiger partial charge is 0.497 e. The minimum absolute atomic E-state index is 0.0890. The monoisotopic (exact) mass is 368 g/mol. The number of ether oxygens (including phenoxy) is 1. The molecule has 27 heavy (non-hydrogen) atoms. The molecule has 0 radical (unpaired) electrons. The number of urea groups is 1. The minimum Gasteiger partial charge on any atom is -0.497 e. The zero-order valence-corrected chi connectivity index (χ0v) is 15.6. The number of carbonyl (C=O) groups excluding carboxylic acids is 2. The number of carbonyl (C=O) groups is 2. The lowest BCUT2D eigenvalue weighted by Gasteiger charge is -2.39. The highest BCUT2D eigenvalue weighted by molar-refractivity contribution is 6.00. The molecule has 1 saturated heterocycles. The topological polar surface area (TPSA) is 74.8 Å². The zero-order chi connectivity index (χ0) is 19.2. The molecule has 1 aliphatic rings. The fraction of sp³-hybridized carbons (Fsp3) is 0.350. The molecule has 0 aliphatic carbocycles. The number of hydrogen-bond donors (Lipinski definition) is 1. The van der Waals surface area contributed by atoms with E-state index in [-0.39, 0.29) is 11.9 Å². The first-order valence-corrected chi connectivity index (χ1v) is 8.99. The molecule has 1 N–H and O–H groups in total. The van der Waals surface area contributed by atoms with Gasteiger partial charge < -0.3 is 19.9 Å². The number of pyridine rings is 1. The van der Waals surface area contributed by atoms with Crippen molar-refractivity contribution in [3.05, 3.63) is 54.4 Å². The van der Waals surface area contributed by atoms with Gasteiger partial charge in [0.25, 0.3) is 0 Å². The van der Waals surface area contributed by atoms with Crippen LogP contribution < -0.4 is 15.0 Å². The lowest BCUT2D eigenvalue weighted by Crippen LogP contribution is -2.59. The van der Waals surface area contributed by atoms with Crippen LogP contribution in [0.1, 0.15) is 12.5 Å². The maximum Gasteiger partial charge on any atom is 0.318 e. The fourth-order valence-electron chi connectivity index (χ4n) is 3.13. The standard InChI is InChI=1S/C20H24N4O3/c1-15-19(25)24(17-5-7-18(27-2)8-6-17)13-12-23(15)20(26)22-11-9-16-4-3-10-21-14-16/h3-8,10,14-15H,9,11-13H2,1-2H3,(H,22,26). The average Bonchev–Trinajstić information content (AvgIpc) is 2.71. The van der Waals surface area contributed by atoms with Crippen LogP contribution in [0.4, 0.5) is 10.5 Å². The van der Waals surface area contributed by atoms with Crippen molar-refractivity contribution in [1.82, 2.24) is 15.2 Å². The Morgan fingerprint density at radius 1 is 1.26 bits per heavy atom. The van der Waals surface area contributed by atoms with Crippen molar-refractivity contribution in [3.8, 4) is 5.75 Å². The van der Waals surface area contributed by atoms with Crippen molar-refractivity contribution in [1.29, 1.82) is 0 Å². The third-order valence-electron chi connectivity index (χ3n) is 4.71. The van der Waals surface area contributed by atoms with E-state index in [9.17, 15) is 9.59 Å². The van der Waals surface area contributed by atoms with Crippen LogP contribution in [-0.2, 0) is 11.2 Å². The normalized spacial score (nSPS) is 17.0. The van der Waals surface area contributed by atoms with Gasteiger partial charge in [0.15, 0.2) is 0 Å². The zero-order valence-electron chi connectivity index (χ0n) is 15.6. The van der Waals surface area contributed by atoms with Gasteiger partial charge in [-0.25, -0.2) is 4.79 Å². The van der Waals surface area contributed by atoms with Gasteiger partial charge in [-0.15, -0.1) is 0 Å². The summed E-state index contributed by atoms with van der Waals surface area (Å²) in [5.41, 5.74) is 1.87. The highest BCUT2D eigenvalue weighted by Crippen LogP contribution is 2.23. The Morgan fingerprint density at radius 2 is 2.04 bits per heavy atom. The number of anilines is 1. The van der Waals surface area contributed by atoms with Crippen molar-refractivity contribution < 1.29 is 14.3 Å². The molecule has 7 nitrogen and oxygen atoms in total. The van der Waals surface area contributed by atoms with Crippen molar-refractivity contribution in [2.24, 2.45) is 0 Å². The van der Waals surface area contributed by atoms with Crippen molar-refractivity contribution in [2.45, 2.75) is 19.4 Å². The van der Waals surface area contributed by atoms with Crippen LogP contribution in [0.2, 0.25) is 0 Å². The van der Waals surface area contributed by atoms with Crippen molar-refractivity contribution in [3.63, 3.8) is 0 Å². The smallest absolute Gasteiger partial charge is 0.318 e.